The molecule has 1 aliphatic heterocycles. The van der Waals surface area contributed by atoms with Crippen molar-refractivity contribution in [1.82, 2.24) is 4.90 Å². The van der Waals surface area contributed by atoms with Gasteiger partial charge in [-0.1, -0.05) is 19.9 Å². The molecule has 8 heteroatoms. The Kier molecular flexibility index (Phi) is 3.68. The molecule has 4 nitrogen and oxygen atoms in total. The highest BCUT2D eigenvalue weighted by Crippen LogP contribution is 2.40. The minimum Gasteiger partial charge on any atom is -0.376 e. The van der Waals surface area contributed by atoms with E-state index < -0.39 is 15.6 Å². The first kappa shape index (κ1) is 16.6. The molecule has 1 aromatic carbocycles. The van der Waals surface area contributed by atoms with E-state index in [0.717, 1.165) is 24.2 Å². The molecule has 0 bridgehead atoms. The Morgan fingerprint density at radius 1 is 1.26 bits per heavy atom. The van der Waals surface area contributed by atoms with Crippen molar-refractivity contribution < 1.29 is 25.8 Å². The van der Waals surface area contributed by atoms with Crippen molar-refractivity contribution in [3.8, 4) is 5.75 Å². The maximum atomic E-state index is 12.4. The molecule has 0 unspecified atom stereocenters. The molecule has 1 saturated carbocycles. The van der Waals surface area contributed by atoms with Crippen LogP contribution in [0.2, 0.25) is 0 Å². The van der Waals surface area contributed by atoms with Crippen LogP contribution < -0.4 is 4.18 Å². The quantitative estimate of drug-likeness (QED) is 0.621. The van der Waals surface area contributed by atoms with E-state index in [1.54, 1.807) is 6.07 Å². The lowest BCUT2D eigenvalue weighted by atomic mass is 9.78. The van der Waals surface area contributed by atoms with Crippen LogP contribution in [-0.4, -0.2) is 31.4 Å². The predicted molar refractivity (Wildman–Crippen MR) is 78.5 cm³/mol. The molecule has 0 radical (unpaired) electrons. The van der Waals surface area contributed by atoms with Gasteiger partial charge >= 0.3 is 15.6 Å². The smallest absolute Gasteiger partial charge is 0.376 e. The van der Waals surface area contributed by atoms with Crippen LogP contribution in [0, 0.1) is 0 Å². The topological polar surface area (TPSA) is 46.6 Å². The second-order valence-corrected chi connectivity index (χ2v) is 8.36. The van der Waals surface area contributed by atoms with Crippen LogP contribution in [0.25, 0.3) is 0 Å². The lowest BCUT2D eigenvalue weighted by molar-refractivity contribution is -0.0500. The fourth-order valence-corrected chi connectivity index (χ4v) is 3.57. The number of hydrogen-bond donors (Lipinski definition) is 0. The molecular formula is C15H18F3NO3S. The fourth-order valence-electron chi connectivity index (χ4n) is 3.11. The Balaban J connectivity index is 1.90. The summed E-state index contributed by atoms with van der Waals surface area (Å²) >= 11 is 0. The first-order valence-corrected chi connectivity index (χ1v) is 8.79. The number of hydrogen-bond acceptors (Lipinski definition) is 4. The van der Waals surface area contributed by atoms with Gasteiger partial charge in [0.05, 0.1) is 0 Å². The van der Waals surface area contributed by atoms with Gasteiger partial charge in [0.1, 0.15) is 5.75 Å². The lowest BCUT2D eigenvalue weighted by Crippen LogP contribution is -2.43. The van der Waals surface area contributed by atoms with Gasteiger partial charge in [0.2, 0.25) is 0 Å². The van der Waals surface area contributed by atoms with E-state index in [9.17, 15) is 21.6 Å². The van der Waals surface area contributed by atoms with E-state index >= 15 is 0 Å². The van der Waals surface area contributed by atoms with Crippen LogP contribution >= 0.6 is 0 Å². The van der Waals surface area contributed by atoms with Crippen molar-refractivity contribution in [2.24, 2.45) is 0 Å². The molecule has 128 valence electrons. The van der Waals surface area contributed by atoms with Gasteiger partial charge < -0.3 is 4.18 Å². The molecule has 1 aliphatic carbocycles. The molecule has 0 N–H and O–H groups in total. The van der Waals surface area contributed by atoms with Crippen molar-refractivity contribution in [3.05, 3.63) is 29.3 Å². The highest BCUT2D eigenvalue weighted by atomic mass is 32.2. The molecule has 0 atom stereocenters. The number of fused-ring (bicyclic) bond motifs is 1. The summed E-state index contributed by atoms with van der Waals surface area (Å²) in [6, 6.07) is 4.95. The second kappa shape index (κ2) is 5.11. The van der Waals surface area contributed by atoms with Gasteiger partial charge in [-0.05, 0) is 36.1 Å². The summed E-state index contributed by atoms with van der Waals surface area (Å²) in [7, 11) is -5.64. The first-order chi connectivity index (χ1) is 10.5. The Labute approximate surface area is 133 Å². The summed E-state index contributed by atoms with van der Waals surface area (Å²) in [6.07, 6.45) is 2.35. The zero-order chi connectivity index (χ0) is 17.0. The molecule has 0 amide bonds. The first-order valence-electron chi connectivity index (χ1n) is 7.38. The number of alkyl halides is 3. The number of nitrogens with zero attached hydrogens (tertiary/aromatic N) is 1. The van der Waals surface area contributed by atoms with Crippen LogP contribution in [0.5, 0.6) is 5.75 Å². The van der Waals surface area contributed by atoms with Crippen molar-refractivity contribution in [2.45, 2.75) is 50.2 Å². The molecule has 0 saturated heterocycles. The minimum absolute atomic E-state index is 0.280. The number of halogens is 3. The molecule has 1 fully saturated rings. The third-order valence-corrected chi connectivity index (χ3v) is 5.31. The van der Waals surface area contributed by atoms with Crippen LogP contribution in [-0.2, 0) is 22.1 Å². The molecule has 1 heterocycles. The second-order valence-electron chi connectivity index (χ2n) is 6.82. The maximum absolute atomic E-state index is 12.4. The van der Waals surface area contributed by atoms with E-state index in [2.05, 4.69) is 9.08 Å². The molecule has 0 aromatic heterocycles. The predicted octanol–water partition coefficient (Wildman–Crippen LogP) is 3.17. The van der Waals surface area contributed by atoms with E-state index in [0.29, 0.717) is 6.04 Å². The van der Waals surface area contributed by atoms with Gasteiger partial charge in [0.25, 0.3) is 0 Å². The third kappa shape index (κ3) is 3.19. The summed E-state index contributed by atoms with van der Waals surface area (Å²) in [5.41, 5.74) is -3.87. The molecule has 3 rings (SSSR count). The normalized spacial score (nSPS) is 21.8. The Bertz CT molecular complexity index is 724. The molecule has 1 aromatic rings. The van der Waals surface area contributed by atoms with Crippen molar-refractivity contribution in [2.75, 3.05) is 6.54 Å². The third-order valence-electron chi connectivity index (χ3n) is 4.33. The highest BCUT2D eigenvalue weighted by Gasteiger charge is 2.48. The monoisotopic (exact) mass is 349 g/mol. The summed E-state index contributed by atoms with van der Waals surface area (Å²) in [6.45, 7) is 5.53. The maximum Gasteiger partial charge on any atom is 0.534 e. The fraction of sp³-hybridized carbons (Fsp3) is 0.600. The Morgan fingerprint density at radius 2 is 1.91 bits per heavy atom. The van der Waals surface area contributed by atoms with E-state index in [-0.39, 0.29) is 11.2 Å². The lowest BCUT2D eigenvalue weighted by Gasteiger charge is -2.40. The molecular weight excluding hydrogens is 331 g/mol. The summed E-state index contributed by atoms with van der Waals surface area (Å²) in [4.78, 5) is 2.37. The molecule has 0 spiro atoms. The van der Waals surface area contributed by atoms with Gasteiger partial charge in [0, 0.05) is 24.5 Å². The van der Waals surface area contributed by atoms with Gasteiger partial charge in [-0.25, -0.2) is 0 Å². The number of benzene rings is 1. The van der Waals surface area contributed by atoms with Gasteiger partial charge in [-0.2, -0.15) is 21.6 Å². The van der Waals surface area contributed by atoms with E-state index in [1.165, 1.54) is 25.0 Å². The highest BCUT2D eigenvalue weighted by molar-refractivity contribution is 7.88. The molecule has 23 heavy (non-hydrogen) atoms. The zero-order valence-corrected chi connectivity index (χ0v) is 13.7. The standard InChI is InChI=1S/C15H18F3NO3S/c1-14(2)9-19(11-4-5-11)8-10-3-6-12(7-13(10)14)22-23(20,21)15(16,17)18/h3,6-7,11H,4-5,8-9H2,1-2H3. The van der Waals surface area contributed by atoms with Crippen LogP contribution in [0.4, 0.5) is 13.2 Å². The largest absolute Gasteiger partial charge is 0.534 e. The van der Waals surface area contributed by atoms with E-state index in [4.69, 9.17) is 0 Å². The minimum atomic E-state index is -5.64. The van der Waals surface area contributed by atoms with Gasteiger partial charge in [-0.15, -0.1) is 0 Å². The van der Waals surface area contributed by atoms with Crippen molar-refractivity contribution in [3.63, 3.8) is 0 Å². The summed E-state index contributed by atoms with van der Waals surface area (Å²) in [5.74, 6) is -0.297. The Hall–Kier alpha value is -1.28. The molecule has 2 aliphatic rings. The summed E-state index contributed by atoms with van der Waals surface area (Å²) < 4.78 is 63.8. The Morgan fingerprint density at radius 3 is 2.48 bits per heavy atom. The van der Waals surface area contributed by atoms with E-state index in [1.807, 2.05) is 13.8 Å². The van der Waals surface area contributed by atoms with Crippen LogP contribution in [0.15, 0.2) is 18.2 Å². The summed E-state index contributed by atoms with van der Waals surface area (Å²) in [5, 5.41) is 0. The SMILES string of the molecule is CC1(C)CN(C2CC2)Cc2ccc(OS(=O)(=O)C(F)(F)F)cc21. The number of rotatable bonds is 3. The van der Waals surface area contributed by atoms with Crippen LogP contribution in [0.3, 0.4) is 0 Å². The average molecular weight is 349 g/mol. The van der Waals surface area contributed by atoms with Gasteiger partial charge in [-0.3, -0.25) is 4.90 Å². The van der Waals surface area contributed by atoms with Crippen molar-refractivity contribution in [1.29, 1.82) is 0 Å². The zero-order valence-electron chi connectivity index (χ0n) is 12.9. The van der Waals surface area contributed by atoms with Crippen molar-refractivity contribution >= 4 is 10.1 Å². The average Bonchev–Trinajstić information content (AvgIpc) is 3.21. The van der Waals surface area contributed by atoms with Crippen LogP contribution in [0.1, 0.15) is 37.8 Å². The van der Waals surface area contributed by atoms with Gasteiger partial charge in [0.15, 0.2) is 0 Å².